The first-order chi connectivity index (χ1) is 7.70. The molecule has 0 aliphatic heterocycles. The number of nitrogens with zero attached hydrogens (tertiary/aromatic N) is 1. The number of alkyl halides is 3. The second kappa shape index (κ2) is 5.96. The number of rotatable bonds is 3. The van der Waals surface area contributed by atoms with Crippen molar-refractivity contribution in [2.45, 2.75) is 18.6 Å². The van der Waals surface area contributed by atoms with Crippen LogP contribution in [0.3, 0.4) is 0 Å². The molecule has 9 heteroatoms. The minimum absolute atomic E-state index is 0. The van der Waals surface area contributed by atoms with E-state index in [0.717, 1.165) is 12.1 Å². The summed E-state index contributed by atoms with van der Waals surface area (Å²) in [5.74, 6) is -0.993. The molecule has 0 saturated heterocycles. The number of nitro benzene ring substituents is 1. The Morgan fingerprint density at radius 2 is 1.94 bits per heavy atom. The molecule has 0 bridgehead atoms. The molecule has 0 aliphatic rings. The summed E-state index contributed by atoms with van der Waals surface area (Å²) >= 11 is 0. The van der Waals surface area contributed by atoms with E-state index in [4.69, 9.17) is 5.73 Å². The summed E-state index contributed by atoms with van der Waals surface area (Å²) in [4.78, 5) is 9.56. The van der Waals surface area contributed by atoms with Crippen molar-refractivity contribution in [2.24, 2.45) is 5.73 Å². The molecule has 0 saturated carbocycles. The van der Waals surface area contributed by atoms with E-state index in [2.05, 4.69) is 0 Å². The monoisotopic (exact) mass is 288 g/mol. The third-order valence-electron chi connectivity index (χ3n) is 2.04. The number of non-ortho nitro benzene ring substituents is 1. The maximum absolute atomic E-state index is 13.2. The van der Waals surface area contributed by atoms with Crippen LogP contribution in [0, 0.1) is 15.9 Å². The largest absolute Gasteiger partial charge is 0.390 e. The van der Waals surface area contributed by atoms with E-state index in [1.54, 1.807) is 0 Å². The Kier molecular flexibility index (Phi) is 5.50. The van der Waals surface area contributed by atoms with Crippen LogP contribution in [0.4, 0.5) is 23.2 Å². The van der Waals surface area contributed by atoms with E-state index < -0.39 is 40.6 Å². The normalized spacial score (nSPS) is 12.7. The highest BCUT2D eigenvalue weighted by atomic mass is 35.5. The Labute approximate surface area is 105 Å². The molecular formula is C9H9ClF4N2O2. The first kappa shape index (κ1) is 16.6. The summed E-state index contributed by atoms with van der Waals surface area (Å²) in [5.41, 5.74) is 4.15. The third-order valence-corrected chi connectivity index (χ3v) is 2.04. The van der Waals surface area contributed by atoms with Crippen molar-refractivity contribution in [1.29, 1.82) is 0 Å². The van der Waals surface area contributed by atoms with Crippen LogP contribution in [-0.4, -0.2) is 11.1 Å². The van der Waals surface area contributed by atoms with E-state index in [1.807, 2.05) is 0 Å². The molecular weight excluding hydrogens is 280 g/mol. The van der Waals surface area contributed by atoms with Gasteiger partial charge in [-0.25, -0.2) is 4.39 Å². The summed E-state index contributed by atoms with van der Waals surface area (Å²) in [5, 5.41) is 10.4. The number of hydrogen-bond acceptors (Lipinski definition) is 3. The molecule has 1 rings (SSSR count). The Morgan fingerprint density at radius 3 is 2.39 bits per heavy atom. The van der Waals surface area contributed by atoms with Gasteiger partial charge in [0.25, 0.3) is 5.69 Å². The highest BCUT2D eigenvalue weighted by molar-refractivity contribution is 5.85. The van der Waals surface area contributed by atoms with Crippen LogP contribution in [0.1, 0.15) is 18.0 Å². The lowest BCUT2D eigenvalue weighted by molar-refractivity contribution is -0.385. The average molecular weight is 289 g/mol. The molecule has 1 aromatic rings. The first-order valence-corrected chi connectivity index (χ1v) is 4.47. The third kappa shape index (κ3) is 4.46. The van der Waals surface area contributed by atoms with Gasteiger partial charge < -0.3 is 5.73 Å². The van der Waals surface area contributed by atoms with Crippen LogP contribution in [0.2, 0.25) is 0 Å². The van der Waals surface area contributed by atoms with Gasteiger partial charge in [0, 0.05) is 23.7 Å². The van der Waals surface area contributed by atoms with Crippen LogP contribution in [0.15, 0.2) is 18.2 Å². The predicted octanol–water partition coefficient (Wildman–Crippen LogP) is 3.11. The fraction of sp³-hybridized carbons (Fsp3) is 0.333. The van der Waals surface area contributed by atoms with E-state index in [-0.39, 0.29) is 12.4 Å². The second-order valence-corrected chi connectivity index (χ2v) is 3.39. The Balaban J connectivity index is 0.00000289. The van der Waals surface area contributed by atoms with Gasteiger partial charge in [-0.2, -0.15) is 13.2 Å². The Morgan fingerprint density at radius 1 is 1.39 bits per heavy atom. The van der Waals surface area contributed by atoms with Crippen LogP contribution in [-0.2, 0) is 0 Å². The van der Waals surface area contributed by atoms with Gasteiger partial charge >= 0.3 is 6.18 Å². The lowest BCUT2D eigenvalue weighted by atomic mass is 10.0. The molecule has 0 radical (unpaired) electrons. The fourth-order valence-corrected chi connectivity index (χ4v) is 1.29. The van der Waals surface area contributed by atoms with E-state index in [0.29, 0.717) is 6.07 Å². The zero-order valence-corrected chi connectivity index (χ0v) is 9.59. The molecule has 102 valence electrons. The van der Waals surface area contributed by atoms with Gasteiger partial charge in [0.1, 0.15) is 5.82 Å². The van der Waals surface area contributed by atoms with Crippen LogP contribution in [0.25, 0.3) is 0 Å². The zero-order valence-electron chi connectivity index (χ0n) is 8.78. The minimum atomic E-state index is -4.56. The standard InChI is InChI=1S/C9H8F4N2O2.ClH/c10-7-2-1-5(15(16)17)3-6(7)8(14)4-9(11,12)13;/h1-3,8H,4,14H2;1H/t8-;/m1./s1. The quantitative estimate of drug-likeness (QED) is 0.528. The molecule has 0 unspecified atom stereocenters. The first-order valence-electron chi connectivity index (χ1n) is 4.47. The molecule has 18 heavy (non-hydrogen) atoms. The van der Waals surface area contributed by atoms with Crippen molar-refractivity contribution in [2.75, 3.05) is 0 Å². The van der Waals surface area contributed by atoms with Crippen molar-refractivity contribution in [3.05, 3.63) is 39.7 Å². The van der Waals surface area contributed by atoms with Gasteiger partial charge in [0.2, 0.25) is 0 Å². The average Bonchev–Trinajstić information content (AvgIpc) is 2.14. The Hall–Kier alpha value is -1.41. The van der Waals surface area contributed by atoms with Gasteiger partial charge in [-0.1, -0.05) is 0 Å². The summed E-state index contributed by atoms with van der Waals surface area (Å²) < 4.78 is 49.3. The predicted molar refractivity (Wildman–Crippen MR) is 57.9 cm³/mol. The number of nitrogens with two attached hydrogens (primary N) is 1. The molecule has 0 heterocycles. The lowest BCUT2D eigenvalue weighted by Crippen LogP contribution is -2.21. The van der Waals surface area contributed by atoms with Crippen molar-refractivity contribution in [3.63, 3.8) is 0 Å². The molecule has 0 aromatic heterocycles. The number of hydrogen-bond donors (Lipinski definition) is 1. The van der Waals surface area contributed by atoms with Crippen molar-refractivity contribution in [1.82, 2.24) is 0 Å². The molecule has 0 amide bonds. The van der Waals surface area contributed by atoms with E-state index in [9.17, 15) is 27.7 Å². The number of halogens is 5. The van der Waals surface area contributed by atoms with E-state index >= 15 is 0 Å². The molecule has 0 aliphatic carbocycles. The second-order valence-electron chi connectivity index (χ2n) is 3.39. The van der Waals surface area contributed by atoms with Crippen LogP contribution >= 0.6 is 12.4 Å². The maximum Gasteiger partial charge on any atom is 0.390 e. The topological polar surface area (TPSA) is 69.2 Å². The lowest BCUT2D eigenvalue weighted by Gasteiger charge is -2.14. The van der Waals surface area contributed by atoms with Crippen LogP contribution in [0.5, 0.6) is 0 Å². The molecule has 2 N–H and O–H groups in total. The fourth-order valence-electron chi connectivity index (χ4n) is 1.29. The molecule has 1 atom stereocenters. The van der Waals surface area contributed by atoms with Gasteiger partial charge in [0.15, 0.2) is 0 Å². The van der Waals surface area contributed by atoms with Gasteiger partial charge in [-0.3, -0.25) is 10.1 Å². The molecule has 0 fully saturated rings. The van der Waals surface area contributed by atoms with E-state index in [1.165, 1.54) is 0 Å². The molecule has 4 nitrogen and oxygen atoms in total. The van der Waals surface area contributed by atoms with Crippen molar-refractivity contribution in [3.8, 4) is 0 Å². The van der Waals surface area contributed by atoms with Gasteiger partial charge in [-0.05, 0) is 6.07 Å². The molecule has 1 aromatic carbocycles. The molecule has 0 spiro atoms. The van der Waals surface area contributed by atoms with Gasteiger partial charge in [-0.15, -0.1) is 12.4 Å². The number of benzene rings is 1. The minimum Gasteiger partial charge on any atom is -0.324 e. The summed E-state index contributed by atoms with van der Waals surface area (Å²) in [6.45, 7) is 0. The summed E-state index contributed by atoms with van der Waals surface area (Å²) in [7, 11) is 0. The number of nitro groups is 1. The van der Waals surface area contributed by atoms with Crippen LogP contribution < -0.4 is 5.73 Å². The van der Waals surface area contributed by atoms with Crippen molar-refractivity contribution >= 4 is 18.1 Å². The summed E-state index contributed by atoms with van der Waals surface area (Å²) in [6, 6.07) is 0.643. The summed E-state index contributed by atoms with van der Waals surface area (Å²) in [6.07, 6.45) is -6.00. The maximum atomic E-state index is 13.2. The SMILES string of the molecule is Cl.N[C@H](CC(F)(F)F)c1cc([N+](=O)[O-])ccc1F. The van der Waals surface area contributed by atoms with Crippen molar-refractivity contribution < 1.29 is 22.5 Å². The highest BCUT2D eigenvalue weighted by Crippen LogP contribution is 2.30. The Bertz CT molecular complexity index is 439. The van der Waals surface area contributed by atoms with Gasteiger partial charge in [0.05, 0.1) is 11.3 Å². The smallest absolute Gasteiger partial charge is 0.324 e. The zero-order chi connectivity index (χ0) is 13.2. The highest BCUT2D eigenvalue weighted by Gasteiger charge is 2.32.